The molecule has 0 radical (unpaired) electrons. The normalized spacial score (nSPS) is 18.2. The van der Waals surface area contributed by atoms with Crippen LogP contribution in [0.25, 0.3) is 0 Å². The van der Waals surface area contributed by atoms with Gasteiger partial charge in [0.05, 0.1) is 18.6 Å². The first-order valence-corrected chi connectivity index (χ1v) is 10.5. The number of nitrogens with zero attached hydrogens (tertiary/aromatic N) is 1. The van der Waals surface area contributed by atoms with Gasteiger partial charge in [-0.05, 0) is 41.8 Å². The van der Waals surface area contributed by atoms with E-state index in [1.807, 2.05) is 0 Å². The summed E-state index contributed by atoms with van der Waals surface area (Å²) in [6.07, 6.45) is -2.90. The fraction of sp³-hybridized carbons (Fsp3) is 0.280. The summed E-state index contributed by atoms with van der Waals surface area (Å²) in [7, 11) is 1.42. The zero-order valence-electron chi connectivity index (χ0n) is 18.2. The van der Waals surface area contributed by atoms with Gasteiger partial charge in [-0.2, -0.15) is 18.4 Å². The molecule has 2 aromatic rings. The van der Waals surface area contributed by atoms with E-state index in [0.717, 1.165) is 12.1 Å². The van der Waals surface area contributed by atoms with Crippen molar-refractivity contribution in [3.63, 3.8) is 0 Å². The minimum absolute atomic E-state index is 0.0372. The van der Waals surface area contributed by atoms with Crippen LogP contribution in [-0.4, -0.2) is 12.9 Å². The highest BCUT2D eigenvalue weighted by molar-refractivity contribution is 5.99. The van der Waals surface area contributed by atoms with Gasteiger partial charge in [-0.25, -0.2) is 0 Å². The highest BCUT2D eigenvalue weighted by Gasteiger charge is 2.38. The first-order valence-electron chi connectivity index (χ1n) is 10.5. The third-order valence-electron chi connectivity index (χ3n) is 5.77. The van der Waals surface area contributed by atoms with Crippen LogP contribution in [-0.2, 0) is 22.3 Å². The van der Waals surface area contributed by atoms with Gasteiger partial charge in [0.2, 0.25) is 5.88 Å². The van der Waals surface area contributed by atoms with E-state index in [9.17, 15) is 23.2 Å². The quantitative estimate of drug-likeness (QED) is 0.653. The minimum atomic E-state index is -4.45. The van der Waals surface area contributed by atoms with Crippen molar-refractivity contribution in [1.29, 1.82) is 5.26 Å². The predicted octanol–water partition coefficient (Wildman–Crippen LogP) is 5.11. The second kappa shape index (κ2) is 9.14. The molecule has 1 aliphatic heterocycles. The van der Waals surface area contributed by atoms with Gasteiger partial charge < -0.3 is 19.9 Å². The van der Waals surface area contributed by atoms with E-state index >= 15 is 0 Å². The first-order chi connectivity index (χ1) is 16.2. The number of allylic oxidation sites excluding steroid dienone is 3. The van der Waals surface area contributed by atoms with Crippen molar-refractivity contribution in [2.75, 3.05) is 7.11 Å². The molecule has 34 heavy (non-hydrogen) atoms. The number of rotatable bonds is 5. The molecule has 0 fully saturated rings. The lowest BCUT2D eigenvalue weighted by atomic mass is 9.77. The van der Waals surface area contributed by atoms with Crippen molar-refractivity contribution in [3.05, 3.63) is 81.9 Å². The summed E-state index contributed by atoms with van der Waals surface area (Å²) < 4.78 is 55.7. The summed E-state index contributed by atoms with van der Waals surface area (Å²) in [5, 5.41) is 9.70. The summed E-state index contributed by atoms with van der Waals surface area (Å²) in [4.78, 5) is 12.7. The molecule has 0 spiro atoms. The largest absolute Gasteiger partial charge is 0.493 e. The lowest BCUT2D eigenvalue weighted by Crippen LogP contribution is -2.27. The SMILES string of the molecule is COc1cc([C@@H]2C(C#N)=C(N)OC3=C2C(=O)CCC3)ccc1OCc1cccc(C(F)(F)F)c1. The summed E-state index contributed by atoms with van der Waals surface area (Å²) in [5.74, 6) is 0.238. The second-order valence-electron chi connectivity index (χ2n) is 7.94. The Morgan fingerprint density at radius 1 is 1.18 bits per heavy atom. The molecule has 0 amide bonds. The average molecular weight is 470 g/mol. The maximum absolute atomic E-state index is 13.0. The Hall–Kier alpha value is -3.93. The highest BCUT2D eigenvalue weighted by Crippen LogP contribution is 2.45. The topological polar surface area (TPSA) is 94.6 Å². The number of carbonyl (C=O) groups excluding carboxylic acids is 1. The van der Waals surface area contributed by atoms with Crippen molar-refractivity contribution in [2.24, 2.45) is 5.73 Å². The first kappa shape index (κ1) is 23.2. The van der Waals surface area contributed by atoms with Crippen LogP contribution in [0.15, 0.2) is 65.3 Å². The zero-order chi connectivity index (χ0) is 24.5. The number of nitrogens with two attached hydrogens (primary N) is 1. The average Bonchev–Trinajstić information content (AvgIpc) is 2.81. The fourth-order valence-electron chi connectivity index (χ4n) is 4.17. The molecule has 6 nitrogen and oxygen atoms in total. The molecule has 4 rings (SSSR count). The molecule has 1 atom stereocenters. The molecular formula is C25H21F3N2O4. The molecule has 0 saturated carbocycles. The zero-order valence-corrected chi connectivity index (χ0v) is 18.2. The van der Waals surface area contributed by atoms with Crippen LogP contribution in [0.2, 0.25) is 0 Å². The van der Waals surface area contributed by atoms with Crippen LogP contribution in [0.4, 0.5) is 13.2 Å². The van der Waals surface area contributed by atoms with E-state index < -0.39 is 17.7 Å². The van der Waals surface area contributed by atoms with E-state index in [4.69, 9.17) is 19.9 Å². The standard InChI is InChI=1S/C25H21F3N2O4/c1-32-21-11-15(22-17(12-29)24(30)34-20-7-3-6-18(31)23(20)22)8-9-19(21)33-13-14-4-2-5-16(10-14)25(26,27)28/h2,4-5,8-11,22H,3,6-7,13,30H2,1H3/t22-/m1/s1. The van der Waals surface area contributed by atoms with Gasteiger partial charge >= 0.3 is 6.18 Å². The number of ketones is 1. The molecule has 1 aliphatic carbocycles. The monoisotopic (exact) mass is 470 g/mol. The van der Waals surface area contributed by atoms with Gasteiger partial charge in [0.15, 0.2) is 17.3 Å². The van der Waals surface area contributed by atoms with Gasteiger partial charge in [-0.3, -0.25) is 4.79 Å². The molecule has 9 heteroatoms. The van der Waals surface area contributed by atoms with Crippen molar-refractivity contribution >= 4 is 5.78 Å². The summed E-state index contributed by atoms with van der Waals surface area (Å²) in [6, 6.07) is 11.8. The lowest BCUT2D eigenvalue weighted by Gasteiger charge is -2.31. The Bertz CT molecular complexity index is 1240. The number of alkyl halides is 3. The van der Waals surface area contributed by atoms with Gasteiger partial charge in [0.1, 0.15) is 24.0 Å². The fourth-order valence-corrected chi connectivity index (χ4v) is 4.17. The number of benzene rings is 2. The van der Waals surface area contributed by atoms with E-state index in [0.29, 0.717) is 53.2 Å². The number of halogens is 3. The molecule has 0 unspecified atom stereocenters. The third-order valence-corrected chi connectivity index (χ3v) is 5.77. The van der Waals surface area contributed by atoms with Gasteiger partial charge in [-0.1, -0.05) is 18.2 Å². The van der Waals surface area contributed by atoms with Crippen molar-refractivity contribution in [1.82, 2.24) is 0 Å². The molecule has 1 heterocycles. The van der Waals surface area contributed by atoms with Crippen LogP contribution in [0.1, 0.15) is 41.9 Å². The van der Waals surface area contributed by atoms with E-state index in [2.05, 4.69) is 6.07 Å². The lowest BCUT2D eigenvalue weighted by molar-refractivity contribution is -0.137. The van der Waals surface area contributed by atoms with Gasteiger partial charge in [-0.15, -0.1) is 0 Å². The van der Waals surface area contributed by atoms with Crippen molar-refractivity contribution < 1.29 is 32.2 Å². The molecule has 2 N–H and O–H groups in total. The highest BCUT2D eigenvalue weighted by atomic mass is 19.4. The molecule has 0 aromatic heterocycles. The maximum Gasteiger partial charge on any atom is 0.416 e. The Morgan fingerprint density at radius 2 is 1.97 bits per heavy atom. The summed E-state index contributed by atoms with van der Waals surface area (Å²) in [6.45, 7) is -0.110. The number of Topliss-reactive ketones (excluding diaryl/α,β-unsaturated/α-hetero) is 1. The Labute approximate surface area is 194 Å². The van der Waals surface area contributed by atoms with E-state index in [-0.39, 0.29) is 23.8 Å². The van der Waals surface area contributed by atoms with Crippen LogP contribution in [0.5, 0.6) is 11.5 Å². The summed E-state index contributed by atoms with van der Waals surface area (Å²) in [5.41, 5.74) is 6.70. The maximum atomic E-state index is 13.0. The van der Waals surface area contributed by atoms with E-state index in [1.165, 1.54) is 19.2 Å². The molecule has 0 bridgehead atoms. The number of carbonyl (C=O) groups is 1. The van der Waals surface area contributed by atoms with Crippen LogP contribution in [0, 0.1) is 11.3 Å². The Morgan fingerprint density at radius 3 is 2.68 bits per heavy atom. The van der Waals surface area contributed by atoms with Crippen molar-refractivity contribution in [2.45, 2.75) is 38.0 Å². The van der Waals surface area contributed by atoms with Gasteiger partial charge in [0.25, 0.3) is 0 Å². The molecule has 2 aliphatic rings. The van der Waals surface area contributed by atoms with Crippen LogP contribution in [0.3, 0.4) is 0 Å². The summed E-state index contributed by atoms with van der Waals surface area (Å²) >= 11 is 0. The second-order valence-corrected chi connectivity index (χ2v) is 7.94. The Balaban J connectivity index is 1.64. The molecule has 176 valence electrons. The molecule has 2 aromatic carbocycles. The van der Waals surface area contributed by atoms with Crippen molar-refractivity contribution in [3.8, 4) is 17.6 Å². The number of ether oxygens (including phenoxy) is 3. The van der Waals surface area contributed by atoms with Crippen LogP contribution >= 0.6 is 0 Å². The molecule has 0 saturated heterocycles. The molecular weight excluding hydrogens is 449 g/mol. The Kier molecular flexibility index (Phi) is 6.24. The van der Waals surface area contributed by atoms with E-state index in [1.54, 1.807) is 18.2 Å². The minimum Gasteiger partial charge on any atom is -0.493 e. The van der Waals surface area contributed by atoms with Gasteiger partial charge in [0, 0.05) is 18.4 Å². The smallest absolute Gasteiger partial charge is 0.416 e. The third kappa shape index (κ3) is 4.44. The number of hydrogen-bond acceptors (Lipinski definition) is 6. The number of hydrogen-bond donors (Lipinski definition) is 1. The number of nitriles is 1. The number of methoxy groups -OCH3 is 1. The predicted molar refractivity (Wildman–Crippen MR) is 115 cm³/mol. The van der Waals surface area contributed by atoms with Crippen LogP contribution < -0.4 is 15.2 Å².